The van der Waals surface area contributed by atoms with Crippen molar-refractivity contribution >= 4 is 5.57 Å². The van der Waals surface area contributed by atoms with Crippen molar-refractivity contribution in [2.24, 2.45) is 0 Å². The molecular formula is C17H17F4N3O. The van der Waals surface area contributed by atoms with Gasteiger partial charge in [0.1, 0.15) is 0 Å². The summed E-state index contributed by atoms with van der Waals surface area (Å²) in [5.41, 5.74) is 2.15. The molecule has 0 bridgehead atoms. The van der Waals surface area contributed by atoms with Crippen molar-refractivity contribution in [3.8, 4) is 5.88 Å². The van der Waals surface area contributed by atoms with Crippen LogP contribution in [0.25, 0.3) is 5.57 Å². The van der Waals surface area contributed by atoms with Crippen LogP contribution in [-0.4, -0.2) is 40.9 Å². The maximum Gasteiger partial charge on any atom is 0.422 e. The average molecular weight is 355 g/mol. The number of nitrogens with zero attached hydrogens (tertiary/aromatic N) is 3. The minimum absolute atomic E-state index is 0.281. The first kappa shape index (κ1) is 17.5. The van der Waals surface area contributed by atoms with Crippen molar-refractivity contribution < 1.29 is 22.3 Å². The molecule has 1 unspecified atom stereocenters. The van der Waals surface area contributed by atoms with Crippen molar-refractivity contribution in [3.05, 3.63) is 53.8 Å². The zero-order chi connectivity index (χ0) is 18.2. The van der Waals surface area contributed by atoms with Crippen LogP contribution < -0.4 is 4.74 Å². The van der Waals surface area contributed by atoms with Gasteiger partial charge in [-0.05, 0) is 36.3 Å². The SMILES string of the molecule is CCC1C=C2C=C(c3cnc(OCC(F)(F)F)c(F)c3)C=CN2N1C. The van der Waals surface area contributed by atoms with Crippen LogP contribution in [0.4, 0.5) is 17.6 Å². The van der Waals surface area contributed by atoms with Crippen LogP contribution in [-0.2, 0) is 0 Å². The number of pyridine rings is 1. The molecule has 0 saturated heterocycles. The fraction of sp³-hybridized carbons (Fsp3) is 0.353. The summed E-state index contributed by atoms with van der Waals surface area (Å²) in [5, 5.41) is 4.08. The third kappa shape index (κ3) is 3.68. The Morgan fingerprint density at radius 3 is 2.72 bits per heavy atom. The Morgan fingerprint density at radius 2 is 2.08 bits per heavy atom. The van der Waals surface area contributed by atoms with Crippen LogP contribution in [0.5, 0.6) is 5.88 Å². The molecule has 134 valence electrons. The molecule has 8 heteroatoms. The summed E-state index contributed by atoms with van der Waals surface area (Å²) in [5.74, 6) is -1.59. The van der Waals surface area contributed by atoms with E-state index in [1.165, 1.54) is 6.20 Å². The largest absolute Gasteiger partial charge is 0.466 e. The minimum Gasteiger partial charge on any atom is -0.466 e. The minimum atomic E-state index is -4.54. The second kappa shape index (κ2) is 6.51. The Bertz CT molecular complexity index is 755. The maximum absolute atomic E-state index is 14.0. The van der Waals surface area contributed by atoms with Gasteiger partial charge in [-0.1, -0.05) is 6.92 Å². The molecule has 0 spiro atoms. The molecule has 0 N–H and O–H groups in total. The zero-order valence-corrected chi connectivity index (χ0v) is 13.7. The van der Waals surface area contributed by atoms with E-state index >= 15 is 0 Å². The van der Waals surface area contributed by atoms with Gasteiger partial charge in [-0.25, -0.2) is 14.4 Å². The fourth-order valence-corrected chi connectivity index (χ4v) is 2.79. The van der Waals surface area contributed by atoms with Gasteiger partial charge in [-0.2, -0.15) is 13.2 Å². The highest BCUT2D eigenvalue weighted by Gasteiger charge is 2.30. The van der Waals surface area contributed by atoms with Crippen LogP contribution in [0.3, 0.4) is 0 Å². The highest BCUT2D eigenvalue weighted by molar-refractivity contribution is 5.77. The van der Waals surface area contributed by atoms with E-state index in [0.717, 1.165) is 23.8 Å². The molecule has 4 nitrogen and oxygen atoms in total. The third-order valence-electron chi connectivity index (χ3n) is 4.08. The molecule has 0 aromatic carbocycles. The van der Waals surface area contributed by atoms with Gasteiger partial charge in [0.25, 0.3) is 5.88 Å². The first-order valence-electron chi connectivity index (χ1n) is 7.77. The van der Waals surface area contributed by atoms with Crippen molar-refractivity contribution in [2.45, 2.75) is 25.6 Å². The van der Waals surface area contributed by atoms with Crippen LogP contribution in [0.1, 0.15) is 18.9 Å². The highest BCUT2D eigenvalue weighted by atomic mass is 19.4. The summed E-state index contributed by atoms with van der Waals surface area (Å²) in [7, 11) is 1.98. The van der Waals surface area contributed by atoms with Gasteiger partial charge < -0.3 is 4.74 Å². The standard InChI is InChI=1S/C17H17F4N3O/c1-3-13-8-14-6-11(4-5-24(14)23(13)2)12-7-15(18)16(22-9-12)25-10-17(19,20)21/h4-9,13H,3,10H2,1-2H3. The molecule has 3 rings (SSSR count). The van der Waals surface area contributed by atoms with Gasteiger partial charge in [0.2, 0.25) is 0 Å². The number of likely N-dealkylation sites (N-methyl/N-ethyl adjacent to an activating group) is 1. The molecule has 3 heterocycles. The molecule has 25 heavy (non-hydrogen) atoms. The Labute approximate surface area is 142 Å². The number of hydrogen-bond acceptors (Lipinski definition) is 4. The third-order valence-corrected chi connectivity index (χ3v) is 4.08. The number of ether oxygens (including phenoxy) is 1. The zero-order valence-electron chi connectivity index (χ0n) is 13.7. The Hall–Kier alpha value is -2.35. The van der Waals surface area contributed by atoms with Crippen molar-refractivity contribution in [3.63, 3.8) is 0 Å². The van der Waals surface area contributed by atoms with E-state index in [0.29, 0.717) is 5.56 Å². The first-order chi connectivity index (χ1) is 11.8. The number of halogens is 4. The maximum atomic E-state index is 14.0. The van der Waals surface area contributed by atoms with Crippen LogP contribution in [0.2, 0.25) is 0 Å². The molecule has 2 aliphatic heterocycles. The first-order valence-corrected chi connectivity index (χ1v) is 7.77. The fourth-order valence-electron chi connectivity index (χ4n) is 2.79. The summed E-state index contributed by atoms with van der Waals surface area (Å²) in [6.07, 6.45) is 5.38. The summed E-state index contributed by atoms with van der Waals surface area (Å²) < 4.78 is 54.8. The highest BCUT2D eigenvalue weighted by Crippen LogP contribution is 2.32. The van der Waals surface area contributed by atoms with Gasteiger partial charge in [-0.15, -0.1) is 0 Å². The molecule has 1 aromatic heterocycles. The molecule has 0 saturated carbocycles. The number of hydrazine groups is 1. The molecule has 1 aromatic rings. The monoisotopic (exact) mass is 355 g/mol. The molecule has 2 aliphatic rings. The molecule has 0 fully saturated rings. The number of rotatable bonds is 4. The lowest BCUT2D eigenvalue weighted by Crippen LogP contribution is -2.35. The number of hydrogen-bond donors (Lipinski definition) is 0. The van der Waals surface area contributed by atoms with Gasteiger partial charge >= 0.3 is 6.18 Å². The van der Waals surface area contributed by atoms with E-state index in [4.69, 9.17) is 0 Å². The quantitative estimate of drug-likeness (QED) is 0.766. The lowest BCUT2D eigenvalue weighted by atomic mass is 10.0. The molecule has 0 radical (unpaired) electrons. The molecule has 1 atom stereocenters. The number of aromatic nitrogens is 1. The van der Waals surface area contributed by atoms with E-state index < -0.39 is 24.5 Å². The molecule has 0 amide bonds. The predicted octanol–water partition coefficient (Wildman–Crippen LogP) is 3.90. The normalized spacial score (nSPS) is 20.4. The number of allylic oxidation sites excluding steroid dienone is 3. The van der Waals surface area contributed by atoms with E-state index in [2.05, 4.69) is 27.7 Å². The topological polar surface area (TPSA) is 28.6 Å². The lowest BCUT2D eigenvalue weighted by Gasteiger charge is -2.30. The van der Waals surface area contributed by atoms with Crippen LogP contribution in [0.15, 0.2) is 42.4 Å². The second-order valence-corrected chi connectivity index (χ2v) is 5.82. The molecular weight excluding hydrogens is 338 g/mol. The van der Waals surface area contributed by atoms with Gasteiger partial charge in [0, 0.05) is 31.0 Å². The summed E-state index contributed by atoms with van der Waals surface area (Å²) in [4.78, 5) is 3.67. The summed E-state index contributed by atoms with van der Waals surface area (Å²) >= 11 is 0. The Morgan fingerprint density at radius 1 is 1.32 bits per heavy atom. The van der Waals surface area contributed by atoms with Gasteiger partial charge in [0.05, 0.1) is 5.70 Å². The average Bonchev–Trinajstić information content (AvgIpc) is 2.88. The van der Waals surface area contributed by atoms with E-state index in [9.17, 15) is 17.6 Å². The van der Waals surface area contributed by atoms with Gasteiger partial charge in [0.15, 0.2) is 12.4 Å². The lowest BCUT2D eigenvalue weighted by molar-refractivity contribution is -0.154. The number of alkyl halides is 3. The summed E-state index contributed by atoms with van der Waals surface area (Å²) in [6, 6.07) is 1.41. The van der Waals surface area contributed by atoms with Crippen molar-refractivity contribution in [1.82, 2.24) is 15.0 Å². The van der Waals surface area contributed by atoms with Crippen LogP contribution in [0, 0.1) is 5.82 Å². The van der Waals surface area contributed by atoms with Crippen molar-refractivity contribution in [2.75, 3.05) is 13.7 Å². The predicted molar refractivity (Wildman–Crippen MR) is 84.6 cm³/mol. The summed E-state index contributed by atoms with van der Waals surface area (Å²) in [6.45, 7) is 0.509. The van der Waals surface area contributed by atoms with E-state index in [1.54, 1.807) is 6.08 Å². The second-order valence-electron chi connectivity index (χ2n) is 5.82. The Kier molecular flexibility index (Phi) is 4.55. The molecule has 0 aliphatic carbocycles. The van der Waals surface area contributed by atoms with Gasteiger partial charge in [-0.3, -0.25) is 5.01 Å². The van der Waals surface area contributed by atoms with Crippen LogP contribution >= 0.6 is 0 Å². The number of fused-ring (bicyclic) bond motifs is 1. The smallest absolute Gasteiger partial charge is 0.422 e. The van der Waals surface area contributed by atoms with E-state index in [-0.39, 0.29) is 6.04 Å². The Balaban J connectivity index is 1.80. The van der Waals surface area contributed by atoms with Crippen molar-refractivity contribution in [1.29, 1.82) is 0 Å². The van der Waals surface area contributed by atoms with E-state index in [1.807, 2.05) is 24.3 Å².